The molecule has 50 heavy (non-hydrogen) atoms. The molecule has 2 rings (SSSR count). The second-order valence-electron chi connectivity index (χ2n) is 10.2. The average molecular weight is 716 g/mol. The summed E-state index contributed by atoms with van der Waals surface area (Å²) in [6, 6.07) is 7.42. The zero-order valence-corrected chi connectivity index (χ0v) is 29.5. The number of aromatic nitrogens is 4. The molecule has 0 spiro atoms. The Hall–Kier alpha value is -2.52. The Balaban J connectivity index is 1.18. The number of hydrogen-bond acceptors (Lipinski definition) is 17. The SMILES string of the molecule is Cc1nnc(-c2ccc(OCCOCCOCCOCCOCCOCCOCCOCCOCCOCCOCCOCCN)cc2)nn1. The maximum absolute atomic E-state index is 5.69. The van der Waals surface area contributed by atoms with Crippen LogP contribution in [0.4, 0.5) is 0 Å². The highest BCUT2D eigenvalue weighted by Crippen LogP contribution is 2.18. The van der Waals surface area contributed by atoms with Crippen molar-refractivity contribution in [1.82, 2.24) is 20.4 Å². The number of nitrogens with zero attached hydrogens (tertiary/aromatic N) is 4. The van der Waals surface area contributed by atoms with Crippen LogP contribution >= 0.6 is 0 Å². The van der Waals surface area contributed by atoms with Crippen molar-refractivity contribution in [3.05, 3.63) is 30.1 Å². The first kappa shape index (κ1) is 43.6. The topological polar surface area (TPSA) is 188 Å². The van der Waals surface area contributed by atoms with Crippen LogP contribution in [0.5, 0.6) is 5.75 Å². The van der Waals surface area contributed by atoms with Crippen molar-refractivity contribution in [2.45, 2.75) is 6.92 Å². The molecule has 1 heterocycles. The predicted octanol–water partition coefficient (Wildman–Crippen LogP) is 0.762. The molecule has 0 fully saturated rings. The Bertz CT molecular complexity index is 998. The molecule has 1 aromatic carbocycles. The molecule has 0 aliphatic rings. The van der Waals surface area contributed by atoms with Crippen LogP contribution in [0.2, 0.25) is 0 Å². The molecule has 286 valence electrons. The van der Waals surface area contributed by atoms with E-state index in [2.05, 4.69) is 20.4 Å². The van der Waals surface area contributed by atoms with Gasteiger partial charge in [-0.15, -0.1) is 20.4 Å². The predicted molar refractivity (Wildman–Crippen MR) is 181 cm³/mol. The van der Waals surface area contributed by atoms with Crippen LogP contribution in [-0.4, -0.2) is 179 Å². The number of rotatable bonds is 37. The Morgan fingerprint density at radius 3 is 0.960 bits per heavy atom. The quantitative estimate of drug-likeness (QED) is 0.0965. The first-order chi connectivity index (χ1) is 24.8. The summed E-state index contributed by atoms with van der Waals surface area (Å²) in [4.78, 5) is 0. The number of nitrogens with two attached hydrogens (primary N) is 1. The molecule has 0 saturated carbocycles. The molecule has 0 unspecified atom stereocenters. The Morgan fingerprint density at radius 2 is 0.660 bits per heavy atom. The second-order valence-corrected chi connectivity index (χ2v) is 10.2. The zero-order valence-electron chi connectivity index (χ0n) is 29.5. The Kier molecular flexibility index (Phi) is 29.3. The molecule has 1 aromatic heterocycles. The molecule has 17 heteroatoms. The van der Waals surface area contributed by atoms with Gasteiger partial charge < -0.3 is 62.6 Å². The number of aryl methyl sites for hydroxylation is 1. The van der Waals surface area contributed by atoms with Crippen molar-refractivity contribution in [3.63, 3.8) is 0 Å². The normalized spacial score (nSPS) is 11.4. The van der Waals surface area contributed by atoms with E-state index in [-0.39, 0.29) is 0 Å². The van der Waals surface area contributed by atoms with Crippen molar-refractivity contribution >= 4 is 0 Å². The molecule has 2 aromatic rings. The smallest absolute Gasteiger partial charge is 0.203 e. The molecule has 17 nitrogen and oxygen atoms in total. The van der Waals surface area contributed by atoms with Crippen LogP contribution < -0.4 is 10.5 Å². The Labute approximate surface area is 295 Å². The van der Waals surface area contributed by atoms with E-state index in [9.17, 15) is 0 Å². The Morgan fingerprint density at radius 1 is 0.380 bits per heavy atom. The summed E-state index contributed by atoms with van der Waals surface area (Å²) in [5.41, 5.74) is 6.15. The summed E-state index contributed by atoms with van der Waals surface area (Å²) in [6.45, 7) is 13.8. The monoisotopic (exact) mass is 715 g/mol. The summed E-state index contributed by atoms with van der Waals surface area (Å²) in [6.07, 6.45) is 0. The zero-order chi connectivity index (χ0) is 35.4. The summed E-state index contributed by atoms with van der Waals surface area (Å²) in [7, 11) is 0. The molecule has 0 saturated heterocycles. The maximum Gasteiger partial charge on any atom is 0.203 e. The van der Waals surface area contributed by atoms with Gasteiger partial charge in [0.2, 0.25) is 5.82 Å². The van der Waals surface area contributed by atoms with Gasteiger partial charge in [-0.05, 0) is 31.2 Å². The van der Waals surface area contributed by atoms with Crippen molar-refractivity contribution in [2.75, 3.05) is 159 Å². The van der Waals surface area contributed by atoms with Crippen molar-refractivity contribution in [3.8, 4) is 17.1 Å². The van der Waals surface area contributed by atoms with Crippen LogP contribution in [0.1, 0.15) is 5.82 Å². The second kappa shape index (κ2) is 33.6. The van der Waals surface area contributed by atoms with Gasteiger partial charge in [-0.25, -0.2) is 0 Å². The van der Waals surface area contributed by atoms with Crippen molar-refractivity contribution < 1.29 is 56.8 Å². The minimum absolute atomic E-state index is 0.433. The van der Waals surface area contributed by atoms with Crippen LogP contribution in [0, 0.1) is 6.92 Å². The average Bonchev–Trinajstić information content (AvgIpc) is 3.14. The fourth-order valence-electron chi connectivity index (χ4n) is 3.70. The van der Waals surface area contributed by atoms with Gasteiger partial charge in [0, 0.05) is 12.1 Å². The molecule has 0 bridgehead atoms. The van der Waals surface area contributed by atoms with Gasteiger partial charge in [0.25, 0.3) is 0 Å². The summed E-state index contributed by atoms with van der Waals surface area (Å²) in [5, 5.41) is 15.9. The van der Waals surface area contributed by atoms with Crippen LogP contribution in [-0.2, 0) is 52.1 Å². The molecular formula is C33H57N5O12. The van der Waals surface area contributed by atoms with E-state index in [1.54, 1.807) is 6.92 Å². The van der Waals surface area contributed by atoms with E-state index in [1.807, 2.05) is 24.3 Å². The van der Waals surface area contributed by atoms with Gasteiger partial charge >= 0.3 is 0 Å². The van der Waals surface area contributed by atoms with Crippen molar-refractivity contribution in [1.29, 1.82) is 0 Å². The van der Waals surface area contributed by atoms with E-state index >= 15 is 0 Å². The summed E-state index contributed by atoms with van der Waals surface area (Å²) < 4.78 is 65.6. The molecule has 2 N–H and O–H groups in total. The first-order valence-electron chi connectivity index (χ1n) is 17.1. The third kappa shape index (κ3) is 26.3. The highest BCUT2D eigenvalue weighted by atomic mass is 16.6. The maximum atomic E-state index is 5.69. The molecule has 0 radical (unpaired) electrons. The van der Waals surface area contributed by atoms with E-state index in [4.69, 9.17) is 62.6 Å². The fourth-order valence-corrected chi connectivity index (χ4v) is 3.70. The summed E-state index contributed by atoms with van der Waals surface area (Å²) in [5.74, 6) is 1.74. The highest BCUT2D eigenvalue weighted by molar-refractivity contribution is 5.54. The van der Waals surface area contributed by atoms with Gasteiger partial charge in [-0.1, -0.05) is 0 Å². The lowest BCUT2D eigenvalue weighted by Gasteiger charge is -2.09. The molecule has 0 atom stereocenters. The molecular weight excluding hydrogens is 658 g/mol. The standard InChI is InChI=1S/C33H57N5O12/c1-30-35-37-33(38-36-30)31-2-4-32(5-3-31)50-29-28-49-27-26-48-25-24-47-23-22-46-21-20-45-19-18-44-17-16-43-15-14-42-13-12-41-11-10-40-9-8-39-7-6-34/h2-5H,6-29,34H2,1H3. The van der Waals surface area contributed by atoms with Crippen LogP contribution in [0.3, 0.4) is 0 Å². The van der Waals surface area contributed by atoms with Gasteiger partial charge in [0.1, 0.15) is 12.4 Å². The lowest BCUT2D eigenvalue weighted by atomic mass is 10.2. The highest BCUT2D eigenvalue weighted by Gasteiger charge is 2.04. The number of hydrogen-bond donors (Lipinski definition) is 1. The molecule has 0 aliphatic heterocycles. The fraction of sp³-hybridized carbons (Fsp3) is 0.758. The van der Waals surface area contributed by atoms with Crippen LogP contribution in [0.25, 0.3) is 11.4 Å². The van der Waals surface area contributed by atoms with Crippen molar-refractivity contribution in [2.24, 2.45) is 5.73 Å². The number of ether oxygens (including phenoxy) is 12. The summed E-state index contributed by atoms with van der Waals surface area (Å²) >= 11 is 0. The first-order valence-corrected chi connectivity index (χ1v) is 17.1. The number of benzene rings is 1. The largest absolute Gasteiger partial charge is 0.491 e. The lowest BCUT2D eigenvalue weighted by Crippen LogP contribution is -2.16. The minimum Gasteiger partial charge on any atom is -0.491 e. The molecule has 0 aliphatic carbocycles. The van der Waals surface area contributed by atoms with Gasteiger partial charge in [0.05, 0.1) is 145 Å². The van der Waals surface area contributed by atoms with Gasteiger partial charge in [0.15, 0.2) is 5.82 Å². The minimum atomic E-state index is 0.433. The van der Waals surface area contributed by atoms with Crippen LogP contribution in [0.15, 0.2) is 24.3 Å². The lowest BCUT2D eigenvalue weighted by molar-refractivity contribution is -0.0276. The van der Waals surface area contributed by atoms with Gasteiger partial charge in [-0.3, -0.25) is 0 Å². The van der Waals surface area contributed by atoms with Gasteiger partial charge in [-0.2, -0.15) is 0 Å². The third-order valence-electron chi connectivity index (χ3n) is 6.17. The van der Waals surface area contributed by atoms with E-state index < -0.39 is 0 Å². The van der Waals surface area contributed by atoms with E-state index in [0.29, 0.717) is 170 Å². The van der Waals surface area contributed by atoms with E-state index in [1.165, 1.54) is 0 Å². The van der Waals surface area contributed by atoms with E-state index in [0.717, 1.165) is 11.3 Å². The third-order valence-corrected chi connectivity index (χ3v) is 6.17. The molecule has 0 amide bonds.